The number of nitrogens with zero attached hydrogens (tertiary/aromatic N) is 1. The van der Waals surface area contributed by atoms with E-state index in [2.05, 4.69) is 22.1 Å². The van der Waals surface area contributed by atoms with E-state index >= 15 is 0 Å². The van der Waals surface area contributed by atoms with Gasteiger partial charge < -0.3 is 5.32 Å². The first kappa shape index (κ1) is 5.49. The number of carbonyl (C=O) groups excluding carboxylic acids is 1. The van der Waals surface area contributed by atoms with Gasteiger partial charge in [-0.15, -0.1) is 4.36 Å². The van der Waals surface area contributed by atoms with E-state index in [1.165, 1.54) is 7.05 Å². The van der Waals surface area contributed by atoms with Crippen molar-refractivity contribution in [1.29, 1.82) is 0 Å². The Balaban J connectivity index is 3.23. The second kappa shape index (κ2) is 2.71. The van der Waals surface area contributed by atoms with Crippen LogP contribution in [0.5, 0.6) is 0 Å². The van der Waals surface area contributed by atoms with Gasteiger partial charge in [0, 0.05) is 19.5 Å². The van der Waals surface area contributed by atoms with E-state index in [4.69, 9.17) is 0 Å². The standard InChI is InChI=1S/C2H4N2OS/c1-3-2(5)4-6/h1H3,(H,3,5). The maximum atomic E-state index is 9.80. The van der Waals surface area contributed by atoms with Crippen LogP contribution in [0.1, 0.15) is 0 Å². The molecular weight excluding hydrogens is 100 g/mol. The Bertz CT molecular complexity index is 71.9. The van der Waals surface area contributed by atoms with E-state index in [-0.39, 0.29) is 0 Å². The molecule has 34 valence electrons. The summed E-state index contributed by atoms with van der Waals surface area (Å²) in [6.45, 7) is 0. The molecule has 0 aliphatic carbocycles. The molecule has 2 amide bonds. The van der Waals surface area contributed by atoms with Crippen LogP contribution in [0.25, 0.3) is 0 Å². The molecule has 0 aliphatic rings. The second-order valence-corrected chi connectivity index (χ2v) is 0.829. The van der Waals surface area contributed by atoms with Crippen LogP contribution in [0.3, 0.4) is 0 Å². The molecule has 1 N–H and O–H groups in total. The molecule has 0 atom stereocenters. The fourth-order valence-electron chi connectivity index (χ4n) is 0.0456. The van der Waals surface area contributed by atoms with Gasteiger partial charge in [-0.3, -0.25) is 0 Å². The number of hydrogen-bond donors (Lipinski definition) is 1. The van der Waals surface area contributed by atoms with Crippen LogP contribution < -0.4 is 5.32 Å². The average Bonchev–Trinajstić information content (AvgIpc) is 1.65. The molecule has 0 bridgehead atoms. The van der Waals surface area contributed by atoms with Gasteiger partial charge in [0.05, 0.1) is 0 Å². The third kappa shape index (κ3) is 1.78. The Morgan fingerprint density at radius 3 is 2.50 bits per heavy atom. The third-order valence-corrected chi connectivity index (χ3v) is 0.463. The van der Waals surface area contributed by atoms with E-state index in [0.29, 0.717) is 0 Å². The number of carbonyl (C=O) groups is 1. The maximum absolute atomic E-state index is 9.80. The summed E-state index contributed by atoms with van der Waals surface area (Å²) < 4.78 is 2.84. The van der Waals surface area contributed by atoms with E-state index in [0.717, 1.165) is 0 Å². The lowest BCUT2D eigenvalue weighted by atomic mass is 11.0. The fourth-order valence-corrected chi connectivity index (χ4v) is 0.137. The van der Waals surface area contributed by atoms with Gasteiger partial charge in [0.2, 0.25) is 0 Å². The Morgan fingerprint density at radius 2 is 2.50 bits per heavy atom. The fraction of sp³-hybridized carbons (Fsp3) is 0.500. The van der Waals surface area contributed by atoms with Crippen molar-refractivity contribution in [3.63, 3.8) is 0 Å². The monoisotopic (exact) mass is 104 g/mol. The number of hydrogen-bond acceptors (Lipinski definition) is 2. The van der Waals surface area contributed by atoms with Crippen molar-refractivity contribution in [3.8, 4) is 0 Å². The number of amides is 2. The van der Waals surface area contributed by atoms with Crippen molar-refractivity contribution in [2.24, 2.45) is 4.36 Å². The molecule has 0 saturated carbocycles. The highest BCUT2D eigenvalue weighted by atomic mass is 32.1. The highest BCUT2D eigenvalue weighted by Gasteiger charge is 1.82. The highest BCUT2D eigenvalue weighted by molar-refractivity contribution is 7.47. The summed E-state index contributed by atoms with van der Waals surface area (Å²) in [4.78, 5) is 9.80. The molecule has 6 heavy (non-hydrogen) atoms. The van der Waals surface area contributed by atoms with E-state index < -0.39 is 6.03 Å². The zero-order valence-electron chi connectivity index (χ0n) is 3.26. The molecule has 0 heterocycles. The minimum absolute atomic E-state index is 0.468. The van der Waals surface area contributed by atoms with E-state index in [9.17, 15) is 4.79 Å². The summed E-state index contributed by atoms with van der Waals surface area (Å²) in [5, 5.41) is 2.20. The van der Waals surface area contributed by atoms with Crippen LogP contribution in [0.2, 0.25) is 0 Å². The van der Waals surface area contributed by atoms with Gasteiger partial charge in [-0.2, -0.15) is 0 Å². The maximum Gasteiger partial charge on any atom is 0.352 e. The summed E-state index contributed by atoms with van der Waals surface area (Å²) in [5.74, 6) is 0. The van der Waals surface area contributed by atoms with E-state index in [1.807, 2.05) is 0 Å². The Hall–Kier alpha value is -0.510. The molecule has 0 radical (unpaired) electrons. The van der Waals surface area contributed by atoms with E-state index in [1.54, 1.807) is 0 Å². The first-order valence-electron chi connectivity index (χ1n) is 1.36. The van der Waals surface area contributed by atoms with Gasteiger partial charge in [-0.1, -0.05) is 0 Å². The first-order valence-corrected chi connectivity index (χ1v) is 1.73. The average molecular weight is 104 g/mol. The van der Waals surface area contributed by atoms with Crippen LogP contribution in [0.15, 0.2) is 4.36 Å². The van der Waals surface area contributed by atoms with Gasteiger partial charge in [0.1, 0.15) is 0 Å². The summed E-state index contributed by atoms with van der Waals surface area (Å²) in [6, 6.07) is -0.468. The molecule has 0 aliphatic heterocycles. The molecule has 0 rings (SSSR count). The Kier molecular flexibility index (Phi) is 2.48. The summed E-state index contributed by atoms with van der Waals surface area (Å²) in [6.07, 6.45) is 0. The SMILES string of the molecule is CNC(=O)N=S. The smallest absolute Gasteiger partial charge is 0.339 e. The molecule has 0 aromatic carbocycles. The lowest BCUT2D eigenvalue weighted by molar-refractivity contribution is 0.251. The topological polar surface area (TPSA) is 41.5 Å². The van der Waals surface area contributed by atoms with Crippen LogP contribution >= 0.6 is 0 Å². The lowest BCUT2D eigenvalue weighted by Crippen LogP contribution is -2.11. The molecular formula is C2H4N2OS. The van der Waals surface area contributed by atoms with Crippen molar-refractivity contribution in [2.45, 2.75) is 0 Å². The Morgan fingerprint density at radius 1 is 2.00 bits per heavy atom. The van der Waals surface area contributed by atoms with Gasteiger partial charge >= 0.3 is 6.03 Å². The number of urea groups is 1. The molecule has 0 fully saturated rings. The van der Waals surface area contributed by atoms with Gasteiger partial charge in [0.25, 0.3) is 0 Å². The third-order valence-electron chi connectivity index (χ3n) is 0.297. The quantitative estimate of drug-likeness (QED) is 0.472. The van der Waals surface area contributed by atoms with Crippen molar-refractivity contribution in [2.75, 3.05) is 7.05 Å². The zero-order valence-corrected chi connectivity index (χ0v) is 4.08. The van der Waals surface area contributed by atoms with Crippen molar-refractivity contribution >= 4 is 18.5 Å². The summed E-state index contributed by atoms with van der Waals surface area (Å²) in [7, 11) is 1.47. The van der Waals surface area contributed by atoms with Gasteiger partial charge in [0.15, 0.2) is 0 Å². The van der Waals surface area contributed by atoms with Crippen molar-refractivity contribution in [1.82, 2.24) is 5.32 Å². The normalized spacial score (nSPS) is 6.83. The predicted molar refractivity (Wildman–Crippen MR) is 24.2 cm³/mol. The summed E-state index contributed by atoms with van der Waals surface area (Å²) in [5.41, 5.74) is 0. The Labute approximate surface area is 40.9 Å². The number of nitrogens with one attached hydrogen (secondary N) is 1. The first-order chi connectivity index (χ1) is 2.81. The highest BCUT2D eigenvalue weighted by Crippen LogP contribution is 1.62. The van der Waals surface area contributed by atoms with Crippen LogP contribution in [0.4, 0.5) is 4.79 Å². The predicted octanol–water partition coefficient (Wildman–Crippen LogP) is 0.0563. The van der Waals surface area contributed by atoms with Crippen molar-refractivity contribution in [3.05, 3.63) is 0 Å². The van der Waals surface area contributed by atoms with Crippen LogP contribution in [-0.4, -0.2) is 13.1 Å². The minimum Gasteiger partial charge on any atom is -0.339 e. The lowest BCUT2D eigenvalue weighted by Gasteiger charge is -1.79. The molecule has 4 heteroatoms. The second-order valence-electron chi connectivity index (χ2n) is 0.646. The van der Waals surface area contributed by atoms with Gasteiger partial charge in [-0.25, -0.2) is 4.79 Å². The minimum atomic E-state index is -0.468. The van der Waals surface area contributed by atoms with Crippen molar-refractivity contribution < 1.29 is 4.79 Å². The molecule has 0 aromatic heterocycles. The van der Waals surface area contributed by atoms with Crippen LogP contribution in [-0.2, 0) is 12.4 Å². The zero-order chi connectivity index (χ0) is 4.99. The summed E-state index contributed by atoms with van der Waals surface area (Å²) >= 11 is 3.99. The molecule has 0 unspecified atom stereocenters. The largest absolute Gasteiger partial charge is 0.352 e. The molecule has 0 aromatic rings. The molecule has 0 saturated heterocycles. The van der Waals surface area contributed by atoms with Gasteiger partial charge in [-0.05, 0) is 0 Å². The molecule has 3 nitrogen and oxygen atoms in total. The number of rotatable bonds is 0. The molecule has 0 spiro atoms. The van der Waals surface area contributed by atoms with Crippen LogP contribution in [0, 0.1) is 0 Å².